The number of nitrogens with one attached hydrogen (secondary N) is 2. The van der Waals surface area contributed by atoms with Crippen LogP contribution in [-0.4, -0.2) is 41.9 Å². The largest absolute Gasteiger partial charge is 0.444 e. The van der Waals surface area contributed by atoms with Gasteiger partial charge in [-0.05, 0) is 27.2 Å². The van der Waals surface area contributed by atoms with Crippen molar-refractivity contribution in [1.82, 2.24) is 10.6 Å². The highest BCUT2D eigenvalue weighted by atomic mass is 16.6. The molecule has 0 aromatic rings. The van der Waals surface area contributed by atoms with E-state index in [2.05, 4.69) is 17.6 Å². The molecule has 2 amide bonds. The lowest BCUT2D eigenvalue weighted by molar-refractivity contribution is -0.124. The van der Waals surface area contributed by atoms with Crippen LogP contribution in [-0.2, 0) is 9.53 Å². The number of ether oxygens (including phenoxy) is 1. The molecule has 0 aliphatic carbocycles. The van der Waals surface area contributed by atoms with E-state index in [1.165, 1.54) is 0 Å². The zero-order chi connectivity index (χ0) is 14.9. The maximum Gasteiger partial charge on any atom is 0.408 e. The Morgan fingerprint density at radius 1 is 1.26 bits per heavy atom. The van der Waals surface area contributed by atoms with E-state index < -0.39 is 30.3 Å². The van der Waals surface area contributed by atoms with E-state index in [1.54, 1.807) is 20.8 Å². The summed E-state index contributed by atoms with van der Waals surface area (Å²) in [7, 11) is 0. The molecule has 0 spiro atoms. The van der Waals surface area contributed by atoms with Crippen LogP contribution < -0.4 is 10.6 Å². The number of rotatable bonds is 7. The molecule has 1 unspecified atom stereocenters. The summed E-state index contributed by atoms with van der Waals surface area (Å²) < 4.78 is 5.02. The molecule has 0 radical (unpaired) electrons. The van der Waals surface area contributed by atoms with E-state index in [1.807, 2.05) is 0 Å². The Morgan fingerprint density at radius 2 is 1.89 bits per heavy atom. The van der Waals surface area contributed by atoms with Gasteiger partial charge in [0.05, 0.1) is 6.61 Å². The van der Waals surface area contributed by atoms with Crippen LogP contribution >= 0.6 is 0 Å². The van der Waals surface area contributed by atoms with Gasteiger partial charge in [0.25, 0.3) is 0 Å². The summed E-state index contributed by atoms with van der Waals surface area (Å²) in [4.78, 5) is 23.2. The van der Waals surface area contributed by atoms with Crippen LogP contribution in [0.2, 0.25) is 0 Å². The fourth-order valence-electron chi connectivity index (χ4n) is 1.35. The summed E-state index contributed by atoms with van der Waals surface area (Å²) in [6, 6.07) is -0.975. The summed E-state index contributed by atoms with van der Waals surface area (Å²) in [5.41, 5.74) is -0.637. The fraction of sp³-hybridized carbons (Fsp3) is 0.846. The van der Waals surface area contributed by atoms with Crippen molar-refractivity contribution in [3.63, 3.8) is 0 Å². The second-order valence-electron chi connectivity index (χ2n) is 5.38. The molecule has 0 rings (SSSR count). The first-order valence-electron chi connectivity index (χ1n) is 6.68. The lowest BCUT2D eigenvalue weighted by Crippen LogP contribution is -2.50. The Kier molecular flexibility index (Phi) is 8.14. The molecule has 1 atom stereocenters. The molecule has 6 heteroatoms. The van der Waals surface area contributed by atoms with Gasteiger partial charge in [-0.3, -0.25) is 4.79 Å². The summed E-state index contributed by atoms with van der Waals surface area (Å²) in [5, 5.41) is 14.1. The van der Waals surface area contributed by atoms with Crippen molar-refractivity contribution in [1.29, 1.82) is 0 Å². The molecule has 0 bridgehead atoms. The minimum absolute atomic E-state index is 0.399. The van der Waals surface area contributed by atoms with Crippen LogP contribution in [0.3, 0.4) is 0 Å². The van der Waals surface area contributed by atoms with E-state index in [0.717, 1.165) is 19.3 Å². The Morgan fingerprint density at radius 3 is 2.37 bits per heavy atom. The number of alkyl carbamates (subject to hydrolysis) is 1. The van der Waals surface area contributed by atoms with Crippen molar-refractivity contribution in [2.45, 2.75) is 58.6 Å². The van der Waals surface area contributed by atoms with Crippen molar-refractivity contribution in [3.8, 4) is 0 Å². The molecule has 3 N–H and O–H groups in total. The number of carbonyl (C=O) groups is 2. The predicted molar refractivity (Wildman–Crippen MR) is 72.8 cm³/mol. The van der Waals surface area contributed by atoms with Gasteiger partial charge in [-0.25, -0.2) is 4.79 Å². The number of aliphatic hydroxyl groups is 1. The molecule has 0 aliphatic heterocycles. The van der Waals surface area contributed by atoms with Crippen LogP contribution in [0.15, 0.2) is 0 Å². The van der Waals surface area contributed by atoms with Gasteiger partial charge in [-0.15, -0.1) is 0 Å². The molecule has 0 aromatic heterocycles. The normalized spacial score (nSPS) is 12.7. The van der Waals surface area contributed by atoms with Crippen molar-refractivity contribution < 1.29 is 19.4 Å². The zero-order valence-electron chi connectivity index (χ0n) is 12.3. The van der Waals surface area contributed by atoms with Crippen molar-refractivity contribution in [2.24, 2.45) is 0 Å². The van der Waals surface area contributed by atoms with Gasteiger partial charge in [0, 0.05) is 6.54 Å². The van der Waals surface area contributed by atoms with E-state index >= 15 is 0 Å². The van der Waals surface area contributed by atoms with Gasteiger partial charge in [0.15, 0.2) is 0 Å². The quantitative estimate of drug-likeness (QED) is 0.608. The third kappa shape index (κ3) is 9.30. The summed E-state index contributed by atoms with van der Waals surface area (Å²) in [6.07, 6.45) is 2.27. The molecule has 0 aliphatic rings. The zero-order valence-corrected chi connectivity index (χ0v) is 12.3. The Bertz CT molecular complexity index is 287. The number of carbonyl (C=O) groups excluding carboxylic acids is 2. The van der Waals surface area contributed by atoms with Gasteiger partial charge < -0.3 is 20.5 Å². The van der Waals surface area contributed by atoms with E-state index in [9.17, 15) is 9.59 Å². The highest BCUT2D eigenvalue weighted by molar-refractivity contribution is 5.85. The highest BCUT2D eigenvalue weighted by Gasteiger charge is 2.23. The number of hydrogen-bond acceptors (Lipinski definition) is 4. The minimum atomic E-state index is -0.975. The number of hydrogen-bond donors (Lipinski definition) is 3. The van der Waals surface area contributed by atoms with Crippen LogP contribution in [0.1, 0.15) is 47.0 Å². The second kappa shape index (κ2) is 8.74. The third-order valence-corrected chi connectivity index (χ3v) is 2.27. The highest BCUT2D eigenvalue weighted by Crippen LogP contribution is 2.06. The molecule has 0 aromatic carbocycles. The van der Waals surface area contributed by atoms with E-state index in [0.29, 0.717) is 6.54 Å². The van der Waals surface area contributed by atoms with Crippen molar-refractivity contribution >= 4 is 12.0 Å². The van der Waals surface area contributed by atoms with Gasteiger partial charge in [0.1, 0.15) is 11.6 Å². The third-order valence-electron chi connectivity index (χ3n) is 2.27. The number of aliphatic hydroxyl groups excluding tert-OH is 1. The van der Waals surface area contributed by atoms with Gasteiger partial charge >= 0.3 is 6.09 Å². The second-order valence-corrected chi connectivity index (χ2v) is 5.38. The fourth-order valence-corrected chi connectivity index (χ4v) is 1.35. The Labute approximate surface area is 114 Å². The molecule has 0 saturated heterocycles. The number of unbranched alkanes of at least 4 members (excludes halogenated alkanes) is 2. The summed E-state index contributed by atoms with van der Waals surface area (Å²) in [6.45, 7) is 7.34. The smallest absolute Gasteiger partial charge is 0.408 e. The first-order chi connectivity index (χ1) is 8.80. The van der Waals surface area contributed by atoms with Crippen LogP contribution in [0, 0.1) is 0 Å². The standard InChI is InChI=1S/C13H26N2O4/c1-5-6-7-8-14-11(17)10(9-16)15-12(18)19-13(2,3)4/h10,16H,5-9H2,1-4H3,(H,14,17)(H,15,18). The average Bonchev–Trinajstić information content (AvgIpc) is 2.29. The molecule has 112 valence electrons. The molecule has 6 nitrogen and oxygen atoms in total. The summed E-state index contributed by atoms with van der Waals surface area (Å²) >= 11 is 0. The Balaban J connectivity index is 4.11. The minimum Gasteiger partial charge on any atom is -0.444 e. The molecular weight excluding hydrogens is 248 g/mol. The maximum absolute atomic E-state index is 11.7. The Hall–Kier alpha value is -1.30. The maximum atomic E-state index is 11.7. The molecule has 0 fully saturated rings. The SMILES string of the molecule is CCCCCNC(=O)C(CO)NC(=O)OC(C)(C)C. The van der Waals surface area contributed by atoms with Crippen LogP contribution in [0.4, 0.5) is 4.79 Å². The predicted octanol–water partition coefficient (Wildman–Crippen LogP) is 1.18. The van der Waals surface area contributed by atoms with Gasteiger partial charge in [-0.2, -0.15) is 0 Å². The number of amides is 2. The first kappa shape index (κ1) is 17.7. The van der Waals surface area contributed by atoms with Crippen LogP contribution in [0.5, 0.6) is 0 Å². The molecule has 0 heterocycles. The molecule has 0 saturated carbocycles. The topological polar surface area (TPSA) is 87.7 Å². The van der Waals surface area contributed by atoms with Crippen molar-refractivity contribution in [3.05, 3.63) is 0 Å². The van der Waals surface area contributed by atoms with Gasteiger partial charge in [0.2, 0.25) is 5.91 Å². The molecule has 19 heavy (non-hydrogen) atoms. The summed E-state index contributed by atoms with van der Waals surface area (Å²) in [5.74, 6) is -0.399. The van der Waals surface area contributed by atoms with E-state index in [4.69, 9.17) is 9.84 Å². The van der Waals surface area contributed by atoms with Crippen molar-refractivity contribution in [2.75, 3.05) is 13.2 Å². The molecular formula is C13H26N2O4. The van der Waals surface area contributed by atoms with E-state index in [-0.39, 0.29) is 0 Å². The average molecular weight is 274 g/mol. The lowest BCUT2D eigenvalue weighted by Gasteiger charge is -2.22. The lowest BCUT2D eigenvalue weighted by atomic mass is 10.2. The first-order valence-corrected chi connectivity index (χ1v) is 6.68. The monoisotopic (exact) mass is 274 g/mol. The van der Waals surface area contributed by atoms with Crippen LogP contribution in [0.25, 0.3) is 0 Å². The van der Waals surface area contributed by atoms with Gasteiger partial charge in [-0.1, -0.05) is 19.8 Å².